The van der Waals surface area contributed by atoms with Gasteiger partial charge in [-0.1, -0.05) is 126 Å². The van der Waals surface area contributed by atoms with E-state index in [0.717, 1.165) is 32.7 Å². The highest BCUT2D eigenvalue weighted by atomic mass is 35.5. The maximum atomic E-state index is 6.97. The minimum absolute atomic E-state index is 0.746. The lowest BCUT2D eigenvalue weighted by Gasteiger charge is -2.34. The fraction of sp³-hybridized carbons (Fsp3) is 0. The van der Waals surface area contributed by atoms with Crippen LogP contribution in [0, 0.1) is 0 Å². The molecule has 1 aliphatic rings. The lowest BCUT2D eigenvalue weighted by molar-refractivity contribution is 1.17. The first-order valence-electron chi connectivity index (χ1n) is 16.1. The Labute approximate surface area is 287 Å². The maximum Gasteiger partial charge on any atom is 0.0788 e. The van der Waals surface area contributed by atoms with Gasteiger partial charge in [-0.25, -0.2) is 0 Å². The quantitative estimate of drug-likeness (QED) is 0.188. The molecule has 2 nitrogen and oxygen atoms in total. The van der Waals surface area contributed by atoms with Crippen molar-refractivity contribution in [3.8, 4) is 16.8 Å². The molecule has 8 aromatic carbocycles. The van der Waals surface area contributed by atoms with Crippen LogP contribution in [0.2, 0.25) is 5.02 Å². The first-order chi connectivity index (χ1) is 23.7. The highest BCUT2D eigenvalue weighted by Crippen LogP contribution is 2.55. The van der Waals surface area contributed by atoms with Crippen molar-refractivity contribution in [1.82, 2.24) is 4.57 Å². The fourth-order valence-electron chi connectivity index (χ4n) is 7.47. The van der Waals surface area contributed by atoms with Crippen molar-refractivity contribution in [2.45, 2.75) is 9.79 Å². The molecule has 0 saturated carbocycles. The van der Waals surface area contributed by atoms with E-state index < -0.39 is 0 Å². The largest absolute Gasteiger partial charge is 0.309 e. The number of hydrogen-bond donors (Lipinski definition) is 0. The molecule has 2 heterocycles. The lowest BCUT2D eigenvalue weighted by atomic mass is 9.99. The number of rotatable bonds is 3. The Morgan fingerprint density at radius 2 is 1.15 bits per heavy atom. The second-order valence-corrected chi connectivity index (χ2v) is 13.8. The summed E-state index contributed by atoms with van der Waals surface area (Å²) in [6.45, 7) is 0. The summed E-state index contributed by atoms with van der Waals surface area (Å²) in [6.07, 6.45) is 0. The molecule has 0 atom stereocenters. The molecular weight excluding hydrogens is 624 g/mol. The van der Waals surface area contributed by atoms with E-state index in [9.17, 15) is 0 Å². The summed E-state index contributed by atoms with van der Waals surface area (Å²) in [5.41, 5.74) is 9.25. The molecule has 0 bridgehead atoms. The zero-order valence-corrected chi connectivity index (χ0v) is 27.3. The third-order valence-corrected chi connectivity index (χ3v) is 11.0. The Morgan fingerprint density at radius 1 is 0.458 bits per heavy atom. The van der Waals surface area contributed by atoms with E-state index >= 15 is 0 Å². The summed E-state index contributed by atoms with van der Waals surface area (Å²) in [5.74, 6) is 0. The molecule has 0 aliphatic carbocycles. The molecule has 226 valence electrons. The average molecular weight is 651 g/mol. The number of benzene rings is 8. The van der Waals surface area contributed by atoms with Gasteiger partial charge in [0, 0.05) is 31.6 Å². The predicted molar refractivity (Wildman–Crippen MR) is 205 cm³/mol. The van der Waals surface area contributed by atoms with Crippen LogP contribution in [-0.2, 0) is 0 Å². The van der Waals surface area contributed by atoms with Gasteiger partial charge in [0.25, 0.3) is 0 Å². The number of para-hydroxylation sites is 2. The molecule has 10 rings (SSSR count). The number of halogens is 1. The molecule has 1 aromatic heterocycles. The van der Waals surface area contributed by atoms with Crippen LogP contribution in [0.15, 0.2) is 174 Å². The van der Waals surface area contributed by atoms with Crippen molar-refractivity contribution < 1.29 is 0 Å². The molecule has 0 N–H and O–H groups in total. The molecule has 0 fully saturated rings. The van der Waals surface area contributed by atoms with Crippen molar-refractivity contribution in [3.05, 3.63) is 169 Å². The second-order valence-electron chi connectivity index (χ2n) is 12.3. The number of hydrogen-bond acceptors (Lipinski definition) is 2. The SMILES string of the molecule is Clc1cccc2c1N(c1cccc3ccccc13)c1ccc(-c3ccc4c(c3)c3c5ccccc5ccc3n4-c3ccccc3)cc1S2. The minimum atomic E-state index is 0.746. The van der Waals surface area contributed by atoms with Crippen LogP contribution >= 0.6 is 23.4 Å². The Morgan fingerprint density at radius 3 is 2.02 bits per heavy atom. The molecule has 4 heteroatoms. The average Bonchev–Trinajstić information content (AvgIpc) is 3.48. The molecule has 0 saturated heterocycles. The number of fused-ring (bicyclic) bond motifs is 8. The van der Waals surface area contributed by atoms with Gasteiger partial charge in [0.05, 0.1) is 33.1 Å². The van der Waals surface area contributed by atoms with E-state index in [1.807, 2.05) is 12.1 Å². The van der Waals surface area contributed by atoms with Gasteiger partial charge in [-0.2, -0.15) is 0 Å². The van der Waals surface area contributed by atoms with Crippen molar-refractivity contribution in [1.29, 1.82) is 0 Å². The van der Waals surface area contributed by atoms with Gasteiger partial charge in [-0.15, -0.1) is 0 Å². The molecule has 48 heavy (non-hydrogen) atoms. The summed E-state index contributed by atoms with van der Waals surface area (Å²) in [6, 6.07) is 59.0. The van der Waals surface area contributed by atoms with Gasteiger partial charge in [0.1, 0.15) is 0 Å². The zero-order valence-electron chi connectivity index (χ0n) is 25.8. The van der Waals surface area contributed by atoms with Crippen molar-refractivity contribution >= 4 is 83.8 Å². The van der Waals surface area contributed by atoms with Crippen LogP contribution < -0.4 is 4.90 Å². The second kappa shape index (κ2) is 10.8. The van der Waals surface area contributed by atoms with Crippen LogP contribution in [0.3, 0.4) is 0 Å². The summed E-state index contributed by atoms with van der Waals surface area (Å²) < 4.78 is 2.40. The normalized spacial score (nSPS) is 12.6. The van der Waals surface area contributed by atoms with Crippen molar-refractivity contribution in [2.24, 2.45) is 0 Å². The van der Waals surface area contributed by atoms with Gasteiger partial charge in [0.2, 0.25) is 0 Å². The van der Waals surface area contributed by atoms with E-state index in [-0.39, 0.29) is 0 Å². The third-order valence-electron chi connectivity index (χ3n) is 9.60. The number of nitrogens with zero attached hydrogens (tertiary/aromatic N) is 2. The van der Waals surface area contributed by atoms with Crippen LogP contribution in [0.4, 0.5) is 17.1 Å². The lowest BCUT2D eigenvalue weighted by Crippen LogP contribution is -2.15. The number of aromatic nitrogens is 1. The summed E-state index contributed by atoms with van der Waals surface area (Å²) in [4.78, 5) is 4.69. The summed E-state index contributed by atoms with van der Waals surface area (Å²) in [5, 5.41) is 8.20. The topological polar surface area (TPSA) is 8.17 Å². The van der Waals surface area contributed by atoms with E-state index in [1.54, 1.807) is 11.8 Å². The van der Waals surface area contributed by atoms with Crippen LogP contribution in [0.5, 0.6) is 0 Å². The Bertz CT molecular complexity index is 2720. The van der Waals surface area contributed by atoms with E-state index in [1.165, 1.54) is 59.4 Å². The Balaban J connectivity index is 1.19. The number of anilines is 3. The van der Waals surface area contributed by atoms with Gasteiger partial charge in [-0.05, 0) is 87.9 Å². The smallest absolute Gasteiger partial charge is 0.0788 e. The molecule has 0 unspecified atom stereocenters. The van der Waals surface area contributed by atoms with Gasteiger partial charge < -0.3 is 9.47 Å². The van der Waals surface area contributed by atoms with Gasteiger partial charge in [-0.3, -0.25) is 0 Å². The Hall–Kier alpha value is -5.48. The van der Waals surface area contributed by atoms with Crippen LogP contribution in [-0.4, -0.2) is 4.57 Å². The van der Waals surface area contributed by atoms with Crippen LogP contribution in [0.25, 0.3) is 60.2 Å². The highest BCUT2D eigenvalue weighted by Gasteiger charge is 2.28. The molecular formula is C44H27ClN2S. The van der Waals surface area contributed by atoms with Crippen molar-refractivity contribution in [2.75, 3.05) is 4.90 Å². The summed E-state index contributed by atoms with van der Waals surface area (Å²) in [7, 11) is 0. The van der Waals surface area contributed by atoms with Crippen molar-refractivity contribution in [3.63, 3.8) is 0 Å². The van der Waals surface area contributed by atoms with E-state index in [4.69, 9.17) is 11.6 Å². The van der Waals surface area contributed by atoms with Gasteiger partial charge in [0.15, 0.2) is 0 Å². The molecule has 0 spiro atoms. The van der Waals surface area contributed by atoms with Crippen LogP contribution in [0.1, 0.15) is 0 Å². The molecule has 1 aliphatic heterocycles. The fourth-order valence-corrected chi connectivity index (χ4v) is 8.92. The molecule has 9 aromatic rings. The first-order valence-corrected chi connectivity index (χ1v) is 17.3. The zero-order chi connectivity index (χ0) is 31.8. The minimum Gasteiger partial charge on any atom is -0.309 e. The summed E-state index contributed by atoms with van der Waals surface area (Å²) >= 11 is 8.75. The molecule has 0 radical (unpaired) electrons. The molecule has 0 amide bonds. The monoisotopic (exact) mass is 650 g/mol. The predicted octanol–water partition coefficient (Wildman–Crippen LogP) is 13.3. The maximum absolute atomic E-state index is 6.97. The van der Waals surface area contributed by atoms with E-state index in [0.29, 0.717) is 0 Å². The first kappa shape index (κ1) is 27.6. The third kappa shape index (κ3) is 4.15. The van der Waals surface area contributed by atoms with Gasteiger partial charge >= 0.3 is 0 Å². The Kier molecular flexibility index (Phi) is 6.20. The highest BCUT2D eigenvalue weighted by molar-refractivity contribution is 7.99. The van der Waals surface area contributed by atoms with E-state index in [2.05, 4.69) is 161 Å². The standard InChI is InChI=1S/C44H27ClN2S/c45-36-17-9-19-41-44(36)47(37-18-8-12-28-10-4-6-15-33(28)37)39-24-22-31(27-42(39)48-41)30-21-23-38-35(26-30)43-34-16-7-5-11-29(34)20-25-40(43)46(38)32-13-2-1-3-14-32/h1-27H.